The maximum atomic E-state index is 5.97. The third-order valence-corrected chi connectivity index (χ3v) is 4.15. The monoisotopic (exact) mass is 332 g/mol. The Balaban J connectivity index is 2.00. The number of anilines is 2. The van der Waals surface area contributed by atoms with Gasteiger partial charge in [-0.15, -0.1) is 0 Å². The van der Waals surface area contributed by atoms with Crippen LogP contribution >= 0.6 is 15.9 Å². The van der Waals surface area contributed by atoms with E-state index < -0.39 is 0 Å². The van der Waals surface area contributed by atoms with Crippen LogP contribution in [0, 0.1) is 0 Å². The molecular weight excluding hydrogens is 312 g/mol. The van der Waals surface area contributed by atoms with Crippen LogP contribution in [0.15, 0.2) is 46.9 Å². The smallest absolute Gasteiger partial charge is 0.0577 e. The Hall–Kier alpha value is -1.48. The van der Waals surface area contributed by atoms with Crippen molar-refractivity contribution in [1.29, 1.82) is 0 Å². The van der Waals surface area contributed by atoms with E-state index in [1.807, 2.05) is 18.2 Å². The van der Waals surface area contributed by atoms with Crippen molar-refractivity contribution in [2.45, 2.75) is 32.7 Å². The molecule has 0 heterocycles. The van der Waals surface area contributed by atoms with Gasteiger partial charge in [-0.05, 0) is 41.7 Å². The molecule has 0 fully saturated rings. The summed E-state index contributed by atoms with van der Waals surface area (Å²) in [5, 5.41) is 3.37. The van der Waals surface area contributed by atoms with Crippen molar-refractivity contribution < 1.29 is 0 Å². The van der Waals surface area contributed by atoms with Crippen molar-refractivity contribution in [2.75, 3.05) is 11.1 Å². The molecule has 3 heteroatoms. The van der Waals surface area contributed by atoms with Crippen molar-refractivity contribution in [3.63, 3.8) is 0 Å². The highest BCUT2D eigenvalue weighted by atomic mass is 79.9. The molecule has 0 radical (unpaired) electrons. The Morgan fingerprint density at radius 3 is 2.45 bits per heavy atom. The molecule has 1 unspecified atom stereocenters. The topological polar surface area (TPSA) is 38.0 Å². The van der Waals surface area contributed by atoms with E-state index in [1.165, 1.54) is 17.5 Å². The maximum Gasteiger partial charge on any atom is 0.0577 e. The normalized spacial score (nSPS) is 12.2. The summed E-state index contributed by atoms with van der Waals surface area (Å²) in [7, 11) is 0. The van der Waals surface area contributed by atoms with Crippen LogP contribution in [0.5, 0.6) is 0 Å². The van der Waals surface area contributed by atoms with E-state index in [9.17, 15) is 0 Å². The Morgan fingerprint density at radius 2 is 1.85 bits per heavy atom. The van der Waals surface area contributed by atoms with Gasteiger partial charge in [-0.1, -0.05) is 54.0 Å². The van der Waals surface area contributed by atoms with Crippen LogP contribution in [0.4, 0.5) is 11.4 Å². The lowest BCUT2D eigenvalue weighted by Crippen LogP contribution is -2.02. The number of hydrogen-bond acceptors (Lipinski definition) is 2. The zero-order chi connectivity index (χ0) is 14.5. The van der Waals surface area contributed by atoms with Crippen LogP contribution < -0.4 is 11.1 Å². The molecule has 0 bridgehead atoms. The first-order chi connectivity index (χ1) is 9.60. The van der Waals surface area contributed by atoms with Gasteiger partial charge in [0.25, 0.3) is 0 Å². The Labute approximate surface area is 129 Å². The van der Waals surface area contributed by atoms with E-state index in [0.29, 0.717) is 5.92 Å². The molecule has 2 aromatic carbocycles. The fraction of sp³-hybridized carbons (Fsp3) is 0.294. The molecule has 2 rings (SSSR count). The fourth-order valence-corrected chi connectivity index (χ4v) is 2.47. The zero-order valence-electron chi connectivity index (χ0n) is 12.0. The highest BCUT2D eigenvalue weighted by Gasteiger charge is 2.03. The van der Waals surface area contributed by atoms with Gasteiger partial charge in [0.1, 0.15) is 0 Å². The quantitative estimate of drug-likeness (QED) is 0.742. The lowest BCUT2D eigenvalue weighted by Gasteiger charge is -2.12. The van der Waals surface area contributed by atoms with Crippen molar-refractivity contribution in [3.8, 4) is 0 Å². The van der Waals surface area contributed by atoms with E-state index in [-0.39, 0.29) is 0 Å². The van der Waals surface area contributed by atoms with Crippen LogP contribution in [0.2, 0.25) is 0 Å². The Morgan fingerprint density at radius 1 is 1.15 bits per heavy atom. The van der Waals surface area contributed by atoms with Crippen molar-refractivity contribution in [2.24, 2.45) is 0 Å². The van der Waals surface area contributed by atoms with Crippen LogP contribution in [-0.2, 0) is 6.54 Å². The summed E-state index contributed by atoms with van der Waals surface area (Å²) in [5.41, 5.74) is 10.4. The zero-order valence-corrected chi connectivity index (χ0v) is 13.6. The summed E-state index contributed by atoms with van der Waals surface area (Å²) >= 11 is 3.41. The third kappa shape index (κ3) is 3.76. The van der Waals surface area contributed by atoms with E-state index in [2.05, 4.69) is 59.4 Å². The van der Waals surface area contributed by atoms with Gasteiger partial charge in [0, 0.05) is 11.0 Å². The molecule has 0 saturated carbocycles. The minimum Gasteiger partial charge on any atom is -0.397 e. The van der Waals surface area contributed by atoms with Gasteiger partial charge >= 0.3 is 0 Å². The maximum absolute atomic E-state index is 5.97. The predicted octanol–water partition coefficient (Wildman–Crippen LogP) is 5.16. The minimum atomic E-state index is 0.624. The number of nitrogen functional groups attached to an aromatic ring is 1. The fourth-order valence-electron chi connectivity index (χ4n) is 2.09. The summed E-state index contributed by atoms with van der Waals surface area (Å²) in [5.74, 6) is 0.624. The molecule has 0 aliphatic carbocycles. The molecule has 0 aliphatic heterocycles. The summed E-state index contributed by atoms with van der Waals surface area (Å²) in [6, 6.07) is 14.7. The van der Waals surface area contributed by atoms with Gasteiger partial charge < -0.3 is 11.1 Å². The summed E-state index contributed by atoms with van der Waals surface area (Å²) in [6.45, 7) is 5.26. The molecular formula is C17H21BrN2. The summed E-state index contributed by atoms with van der Waals surface area (Å²) < 4.78 is 0.999. The average Bonchev–Trinajstić information content (AvgIpc) is 2.46. The highest BCUT2D eigenvalue weighted by Crippen LogP contribution is 2.24. The average molecular weight is 333 g/mol. The van der Waals surface area contributed by atoms with Crippen LogP contribution in [-0.4, -0.2) is 0 Å². The van der Waals surface area contributed by atoms with Gasteiger partial charge in [0.15, 0.2) is 0 Å². The Bertz CT molecular complexity index is 564. The molecule has 106 valence electrons. The molecule has 0 aromatic heterocycles. The second kappa shape index (κ2) is 6.80. The van der Waals surface area contributed by atoms with Gasteiger partial charge in [0.2, 0.25) is 0 Å². The second-order valence-electron chi connectivity index (χ2n) is 5.14. The Kier molecular flexibility index (Phi) is 5.07. The minimum absolute atomic E-state index is 0.624. The van der Waals surface area contributed by atoms with Crippen molar-refractivity contribution in [1.82, 2.24) is 0 Å². The lowest BCUT2D eigenvalue weighted by atomic mass is 9.98. The molecule has 2 nitrogen and oxygen atoms in total. The first-order valence-corrected chi connectivity index (χ1v) is 7.77. The van der Waals surface area contributed by atoms with Crippen LogP contribution in [0.3, 0.4) is 0 Å². The molecule has 0 spiro atoms. The van der Waals surface area contributed by atoms with Crippen LogP contribution in [0.1, 0.15) is 37.3 Å². The first-order valence-electron chi connectivity index (χ1n) is 6.98. The second-order valence-corrected chi connectivity index (χ2v) is 6.05. The van der Waals surface area contributed by atoms with Gasteiger partial charge in [0.05, 0.1) is 11.4 Å². The first kappa shape index (κ1) is 14.9. The SMILES string of the molecule is CCC(C)c1ccc(CNc2ccc(Br)cc2N)cc1. The van der Waals surface area contributed by atoms with Crippen molar-refractivity contribution >= 4 is 27.3 Å². The highest BCUT2D eigenvalue weighted by molar-refractivity contribution is 9.10. The molecule has 0 amide bonds. The number of halogens is 1. The van der Waals surface area contributed by atoms with Crippen molar-refractivity contribution in [3.05, 3.63) is 58.1 Å². The van der Waals surface area contributed by atoms with Crippen LogP contribution in [0.25, 0.3) is 0 Å². The molecule has 0 aliphatic rings. The third-order valence-electron chi connectivity index (χ3n) is 3.66. The molecule has 0 saturated heterocycles. The lowest BCUT2D eigenvalue weighted by molar-refractivity contribution is 0.733. The molecule has 3 N–H and O–H groups in total. The van der Waals surface area contributed by atoms with Gasteiger partial charge in [-0.2, -0.15) is 0 Å². The number of nitrogens with two attached hydrogens (primary N) is 1. The summed E-state index contributed by atoms with van der Waals surface area (Å²) in [4.78, 5) is 0. The summed E-state index contributed by atoms with van der Waals surface area (Å²) in [6.07, 6.45) is 1.17. The van der Waals surface area contributed by atoms with E-state index in [0.717, 1.165) is 22.4 Å². The van der Waals surface area contributed by atoms with E-state index in [1.54, 1.807) is 0 Å². The van der Waals surface area contributed by atoms with Gasteiger partial charge in [-0.3, -0.25) is 0 Å². The van der Waals surface area contributed by atoms with Gasteiger partial charge in [-0.25, -0.2) is 0 Å². The standard InChI is InChI=1S/C17H21BrN2/c1-3-12(2)14-6-4-13(5-7-14)11-20-17-9-8-15(18)10-16(17)19/h4-10,12,20H,3,11,19H2,1-2H3. The predicted molar refractivity (Wildman–Crippen MR) is 91.0 cm³/mol. The molecule has 20 heavy (non-hydrogen) atoms. The van der Waals surface area contributed by atoms with E-state index in [4.69, 9.17) is 5.73 Å². The molecule has 2 aromatic rings. The molecule has 1 atom stereocenters. The largest absolute Gasteiger partial charge is 0.397 e. The number of rotatable bonds is 5. The van der Waals surface area contributed by atoms with E-state index >= 15 is 0 Å². The number of nitrogens with one attached hydrogen (secondary N) is 1. The number of benzene rings is 2. The number of hydrogen-bond donors (Lipinski definition) is 2.